The molecule has 2 N–H and O–H groups in total. The zero-order valence-corrected chi connectivity index (χ0v) is 23.3. The minimum Gasteiger partial charge on any atom is -0.460 e. The van der Waals surface area contributed by atoms with Crippen LogP contribution in [0.25, 0.3) is 22.2 Å². The normalized spacial score (nSPS) is 17.2. The number of benzene rings is 2. The molecule has 0 spiro atoms. The van der Waals surface area contributed by atoms with Gasteiger partial charge in [-0.25, -0.2) is 22.8 Å². The van der Waals surface area contributed by atoms with Crippen molar-refractivity contribution >= 4 is 38.2 Å². The van der Waals surface area contributed by atoms with Crippen LogP contribution in [0.1, 0.15) is 11.3 Å². The summed E-state index contributed by atoms with van der Waals surface area (Å²) in [6, 6.07) is 15.8. The zero-order chi connectivity index (χ0) is 28.1. The molecule has 1 aliphatic carbocycles. The third-order valence-electron chi connectivity index (χ3n) is 6.24. The Labute approximate surface area is 236 Å². The molecule has 4 aromatic rings. The van der Waals surface area contributed by atoms with E-state index in [1.807, 2.05) is 48.6 Å². The Morgan fingerprint density at radius 3 is 2.80 bits per heavy atom. The molecule has 0 radical (unpaired) electrons. The van der Waals surface area contributed by atoms with E-state index >= 15 is 0 Å². The van der Waals surface area contributed by atoms with Gasteiger partial charge in [0.1, 0.15) is 39.3 Å². The van der Waals surface area contributed by atoms with Crippen LogP contribution in [0, 0.1) is 5.82 Å². The highest BCUT2D eigenvalue weighted by Gasteiger charge is 2.20. The Morgan fingerprint density at radius 1 is 1.12 bits per heavy atom. The molecular formula is C29H28ClFN4O4S. The smallest absolute Gasteiger partial charge is 0.148 e. The average molecular weight is 583 g/mol. The maximum atomic E-state index is 13.4. The van der Waals surface area contributed by atoms with Gasteiger partial charge in [0.05, 0.1) is 35.9 Å². The monoisotopic (exact) mass is 582 g/mol. The van der Waals surface area contributed by atoms with Crippen molar-refractivity contribution in [1.82, 2.24) is 15.3 Å². The number of nitrogens with one attached hydrogen (secondary N) is 2. The first-order chi connectivity index (χ1) is 19.2. The second-order valence-electron chi connectivity index (χ2n) is 9.48. The topological polar surface area (TPSA) is 106 Å². The number of furan rings is 1. The summed E-state index contributed by atoms with van der Waals surface area (Å²) in [4.78, 5) is 8.82. The van der Waals surface area contributed by atoms with E-state index < -0.39 is 15.2 Å². The number of rotatable bonds is 11. The van der Waals surface area contributed by atoms with Crippen molar-refractivity contribution < 1.29 is 22.0 Å². The van der Waals surface area contributed by atoms with Crippen LogP contribution in [0.5, 0.6) is 0 Å². The van der Waals surface area contributed by atoms with Gasteiger partial charge in [0.2, 0.25) is 0 Å². The second kappa shape index (κ2) is 12.3. The Bertz CT molecular complexity index is 1670. The van der Waals surface area contributed by atoms with Crippen molar-refractivity contribution in [2.45, 2.75) is 24.6 Å². The minimum absolute atomic E-state index is 0.0691. The van der Waals surface area contributed by atoms with E-state index in [9.17, 15) is 12.8 Å². The standard InChI is InChI=1S/C29H28ClFN4O4S/c1-40(36,37)12-11-32-16-23-7-10-27(39-23)20-5-8-26-24(14-20)29(34-18-33-26)35-22-6-9-28(25(30)15-22)38-17-19-3-2-4-21(31)13-19/h2-10,13-15,18,25,28,32H,11-12,16-17H2,1H3,(H,33,34,35). The number of alkyl halides is 1. The lowest BCUT2D eigenvalue weighted by molar-refractivity contribution is 0.0750. The van der Waals surface area contributed by atoms with Gasteiger partial charge in [-0.1, -0.05) is 18.2 Å². The predicted molar refractivity (Wildman–Crippen MR) is 154 cm³/mol. The summed E-state index contributed by atoms with van der Waals surface area (Å²) >= 11 is 6.59. The number of ether oxygens (including phenoxy) is 1. The molecule has 0 bridgehead atoms. The first-order valence-electron chi connectivity index (χ1n) is 12.6. The van der Waals surface area contributed by atoms with E-state index in [-0.39, 0.29) is 24.3 Å². The highest BCUT2D eigenvalue weighted by Crippen LogP contribution is 2.30. The molecule has 0 saturated heterocycles. The van der Waals surface area contributed by atoms with E-state index in [0.717, 1.165) is 27.7 Å². The lowest BCUT2D eigenvalue weighted by Gasteiger charge is -2.22. The Hall–Kier alpha value is -3.57. The van der Waals surface area contributed by atoms with Crippen molar-refractivity contribution in [2.24, 2.45) is 0 Å². The SMILES string of the molecule is CS(=O)(=O)CCNCc1ccc(-c2ccc3ncnc(NC4=CC(Cl)C(OCc5cccc(F)c5)C=C4)c3c2)o1. The molecule has 2 aromatic heterocycles. The molecule has 208 valence electrons. The van der Waals surface area contributed by atoms with Crippen LogP contribution in [-0.4, -0.2) is 48.4 Å². The summed E-state index contributed by atoms with van der Waals surface area (Å²) in [6.07, 6.45) is 7.94. The highest BCUT2D eigenvalue weighted by atomic mass is 35.5. The van der Waals surface area contributed by atoms with E-state index in [2.05, 4.69) is 20.6 Å². The molecule has 2 aromatic carbocycles. The molecule has 1 aliphatic rings. The largest absolute Gasteiger partial charge is 0.460 e. The van der Waals surface area contributed by atoms with Gasteiger partial charge in [-0.2, -0.15) is 0 Å². The Morgan fingerprint density at radius 2 is 2.00 bits per heavy atom. The molecule has 0 saturated carbocycles. The lowest BCUT2D eigenvalue weighted by Crippen LogP contribution is -2.24. The first-order valence-corrected chi connectivity index (χ1v) is 15.1. The Balaban J connectivity index is 1.25. The zero-order valence-electron chi connectivity index (χ0n) is 21.7. The average Bonchev–Trinajstić information content (AvgIpc) is 3.39. The number of nitrogens with zero attached hydrogens (tertiary/aromatic N) is 2. The number of halogens is 2. The van der Waals surface area contributed by atoms with Crippen LogP contribution in [0.2, 0.25) is 0 Å². The molecule has 0 aliphatic heterocycles. The maximum absolute atomic E-state index is 13.4. The molecule has 2 atom stereocenters. The summed E-state index contributed by atoms with van der Waals surface area (Å²) in [5.74, 6) is 1.75. The van der Waals surface area contributed by atoms with Gasteiger partial charge in [0.25, 0.3) is 0 Å². The molecule has 0 fully saturated rings. The number of fused-ring (bicyclic) bond motifs is 1. The Kier molecular flexibility index (Phi) is 8.60. The fourth-order valence-corrected chi connectivity index (χ4v) is 5.03. The third-order valence-corrected chi connectivity index (χ3v) is 7.56. The van der Waals surface area contributed by atoms with Gasteiger partial charge in [-0.3, -0.25) is 0 Å². The summed E-state index contributed by atoms with van der Waals surface area (Å²) in [5, 5.41) is 6.78. The maximum Gasteiger partial charge on any atom is 0.148 e. The van der Waals surface area contributed by atoms with Gasteiger partial charge < -0.3 is 19.8 Å². The molecule has 8 nitrogen and oxygen atoms in total. The second-order valence-corrected chi connectivity index (χ2v) is 12.2. The number of aromatic nitrogens is 2. The van der Waals surface area contributed by atoms with Gasteiger partial charge >= 0.3 is 0 Å². The van der Waals surface area contributed by atoms with Crippen LogP contribution in [0.15, 0.2) is 89.3 Å². The molecule has 40 heavy (non-hydrogen) atoms. The highest BCUT2D eigenvalue weighted by molar-refractivity contribution is 7.90. The molecule has 5 rings (SSSR count). The van der Waals surface area contributed by atoms with Crippen LogP contribution in [-0.2, 0) is 27.7 Å². The summed E-state index contributed by atoms with van der Waals surface area (Å²) in [7, 11) is -3.02. The van der Waals surface area contributed by atoms with Gasteiger partial charge in [0, 0.05) is 29.4 Å². The van der Waals surface area contributed by atoms with Gasteiger partial charge in [-0.05, 0) is 60.2 Å². The van der Waals surface area contributed by atoms with E-state index in [0.29, 0.717) is 30.4 Å². The fraction of sp³-hybridized carbons (Fsp3) is 0.241. The van der Waals surface area contributed by atoms with Crippen molar-refractivity contribution in [3.05, 3.63) is 102 Å². The van der Waals surface area contributed by atoms with Gasteiger partial charge in [-0.15, -0.1) is 11.6 Å². The van der Waals surface area contributed by atoms with Crippen molar-refractivity contribution in [3.8, 4) is 11.3 Å². The number of anilines is 1. The number of hydrogen-bond donors (Lipinski definition) is 2. The molecule has 2 unspecified atom stereocenters. The minimum atomic E-state index is -3.02. The number of sulfone groups is 1. The van der Waals surface area contributed by atoms with Crippen molar-refractivity contribution in [2.75, 3.05) is 23.9 Å². The summed E-state index contributed by atoms with van der Waals surface area (Å²) in [6.45, 7) is 1.02. The van der Waals surface area contributed by atoms with E-state index in [4.69, 9.17) is 20.8 Å². The first kappa shape index (κ1) is 28.0. The molecular weight excluding hydrogens is 555 g/mol. The van der Waals surface area contributed by atoms with E-state index in [1.54, 1.807) is 12.1 Å². The number of hydrogen-bond acceptors (Lipinski definition) is 8. The molecule has 0 amide bonds. The van der Waals surface area contributed by atoms with Crippen LogP contribution in [0.4, 0.5) is 10.2 Å². The van der Waals surface area contributed by atoms with Crippen molar-refractivity contribution in [3.63, 3.8) is 0 Å². The lowest BCUT2D eigenvalue weighted by atomic mass is 10.1. The quantitative estimate of drug-likeness (QED) is 0.183. The van der Waals surface area contributed by atoms with Crippen LogP contribution >= 0.6 is 11.6 Å². The van der Waals surface area contributed by atoms with Crippen molar-refractivity contribution in [1.29, 1.82) is 0 Å². The summed E-state index contributed by atoms with van der Waals surface area (Å²) < 4.78 is 47.9. The molecule has 11 heteroatoms. The predicted octanol–water partition coefficient (Wildman–Crippen LogP) is 5.22. The van der Waals surface area contributed by atoms with Crippen LogP contribution in [0.3, 0.4) is 0 Å². The van der Waals surface area contributed by atoms with E-state index in [1.165, 1.54) is 24.7 Å². The number of allylic oxidation sites excluding steroid dienone is 1. The van der Waals surface area contributed by atoms with Crippen LogP contribution < -0.4 is 10.6 Å². The fourth-order valence-electron chi connectivity index (χ4n) is 4.22. The third kappa shape index (κ3) is 7.33. The van der Waals surface area contributed by atoms with Gasteiger partial charge in [0.15, 0.2) is 0 Å². The molecule has 2 heterocycles. The summed E-state index contributed by atoms with van der Waals surface area (Å²) in [5.41, 5.74) is 3.10.